The Morgan fingerprint density at radius 2 is 1.11 bits per heavy atom. The van der Waals surface area contributed by atoms with Crippen LogP contribution < -0.4 is 26.2 Å². The molecule has 0 spiro atoms. The van der Waals surface area contributed by atoms with E-state index in [-0.39, 0.29) is 44.9 Å². The van der Waals surface area contributed by atoms with Crippen molar-refractivity contribution in [2.24, 2.45) is 0 Å². The minimum Gasteiger partial charge on any atom is -0.454 e. The first-order chi connectivity index (χ1) is 30.6. The number of hydrogen-bond acceptors (Lipinski definition) is 3. The van der Waals surface area contributed by atoms with Crippen LogP contribution >= 0.6 is 0 Å². The smallest absolute Gasteiger partial charge is 0.252 e. The lowest BCUT2D eigenvalue weighted by Gasteiger charge is -2.53. The molecule has 65 heavy (non-hydrogen) atoms. The molecule has 5 aromatic carbocycles. The van der Waals surface area contributed by atoms with Crippen molar-refractivity contribution in [1.82, 2.24) is 4.57 Å². The Hall–Kier alpha value is -4.90. The van der Waals surface area contributed by atoms with Crippen LogP contribution in [0.5, 0.6) is 0 Å². The summed E-state index contributed by atoms with van der Waals surface area (Å²) in [4.78, 5) is 5.81. The molecule has 6 heterocycles. The molecular formula is C60H68BN3O. The molecule has 0 N–H and O–H groups in total. The van der Waals surface area contributed by atoms with Crippen LogP contribution in [0.2, 0.25) is 0 Å². The fourth-order valence-corrected chi connectivity index (χ4v) is 14.9. The number of aromatic nitrogens is 1. The van der Waals surface area contributed by atoms with Crippen LogP contribution in [0.4, 0.5) is 22.7 Å². The number of fused-ring (bicyclic) bond motifs is 15. The number of furan rings is 1. The summed E-state index contributed by atoms with van der Waals surface area (Å²) in [6.07, 6.45) is 9.83. The highest BCUT2D eigenvalue weighted by atomic mass is 16.3. The van der Waals surface area contributed by atoms with Gasteiger partial charge in [-0.2, -0.15) is 0 Å². The number of nitrogens with zero attached hydrogens (tertiary/aromatic N) is 3. The molecule has 0 saturated heterocycles. The van der Waals surface area contributed by atoms with E-state index >= 15 is 0 Å². The molecule has 5 heteroatoms. The van der Waals surface area contributed by atoms with Gasteiger partial charge in [0.2, 0.25) is 0 Å². The minimum absolute atomic E-state index is 0.00161. The molecule has 2 aromatic heterocycles. The Morgan fingerprint density at radius 3 is 1.80 bits per heavy atom. The molecule has 6 aliphatic rings. The lowest BCUT2D eigenvalue weighted by molar-refractivity contribution is 0.194. The van der Waals surface area contributed by atoms with Crippen LogP contribution in [-0.2, 0) is 27.1 Å². The zero-order chi connectivity index (χ0) is 45.3. The van der Waals surface area contributed by atoms with Gasteiger partial charge in [-0.25, -0.2) is 0 Å². The van der Waals surface area contributed by atoms with Crippen molar-refractivity contribution in [3.05, 3.63) is 107 Å². The van der Waals surface area contributed by atoms with Crippen molar-refractivity contribution < 1.29 is 4.42 Å². The number of anilines is 4. The molecule has 4 unspecified atom stereocenters. The molecule has 7 aromatic rings. The molecule has 2 saturated carbocycles. The largest absolute Gasteiger partial charge is 0.454 e. The highest BCUT2D eigenvalue weighted by Crippen LogP contribution is 2.65. The number of hydrogen-bond donors (Lipinski definition) is 0. The molecule has 4 atom stereocenters. The second-order valence-electron chi connectivity index (χ2n) is 25.6. The quantitative estimate of drug-likeness (QED) is 0.154. The predicted molar refractivity (Wildman–Crippen MR) is 277 cm³/mol. The van der Waals surface area contributed by atoms with Crippen LogP contribution in [0.3, 0.4) is 0 Å². The Kier molecular flexibility index (Phi) is 7.55. The van der Waals surface area contributed by atoms with E-state index in [4.69, 9.17) is 4.42 Å². The zero-order valence-electron chi connectivity index (χ0n) is 41.5. The van der Waals surface area contributed by atoms with Crippen LogP contribution in [0.25, 0.3) is 38.7 Å². The molecule has 13 rings (SSSR count). The van der Waals surface area contributed by atoms with Gasteiger partial charge in [-0.3, -0.25) is 0 Å². The standard InChI is InChI=1S/C60H68BN3O/c1-54(2,3)35-22-23-45-41(29-35)57(10)24-16-18-26-59(57,12)63(45)38-33-46-49-47(34-38)64-52-42(58(11)25-17-19-27-60(58,64)13)30-37(56(7,8)9)32-44(52)61(49)43-31-36(55(4,5)6)28-40-50(43)62(46)51-39-20-14-15-21-48(39)65-53(40)51/h14-15,20-23,28-34H,16-19,24-27H2,1-13H3. The maximum Gasteiger partial charge on any atom is 0.252 e. The van der Waals surface area contributed by atoms with Gasteiger partial charge in [-0.1, -0.05) is 144 Å². The van der Waals surface area contributed by atoms with Crippen molar-refractivity contribution >= 4 is 78.8 Å². The van der Waals surface area contributed by atoms with Crippen molar-refractivity contribution in [2.75, 3.05) is 9.80 Å². The first-order valence-corrected chi connectivity index (χ1v) is 25.2. The lowest BCUT2D eigenvalue weighted by Crippen LogP contribution is -2.64. The number of benzene rings is 5. The fraction of sp³-hybridized carbons (Fsp3) is 0.467. The SMILES string of the molecule is CC(C)(C)c1ccc2c(c1)C1(C)CCCCC1(C)N2c1cc2c3c(c1)-n1c4c(cc(C(C)(C)C)cc4c4oc5ccccc5c41)B3c1cc(C(C)(C)C)cc3c1N2C1(C)CCCCC31C. The maximum absolute atomic E-state index is 7.09. The second-order valence-corrected chi connectivity index (χ2v) is 25.6. The lowest BCUT2D eigenvalue weighted by atomic mass is 9.33. The van der Waals surface area contributed by atoms with Gasteiger partial charge in [-0.05, 0) is 136 Å². The highest BCUT2D eigenvalue weighted by molar-refractivity contribution is 7.00. The summed E-state index contributed by atoms with van der Waals surface area (Å²) >= 11 is 0. The monoisotopic (exact) mass is 858 g/mol. The summed E-state index contributed by atoms with van der Waals surface area (Å²) in [5.41, 5.74) is 23.1. The van der Waals surface area contributed by atoms with Gasteiger partial charge in [0, 0.05) is 50.0 Å². The third-order valence-electron chi connectivity index (χ3n) is 19.1. The van der Waals surface area contributed by atoms with Crippen LogP contribution in [0.15, 0.2) is 83.3 Å². The number of para-hydroxylation sites is 1. The van der Waals surface area contributed by atoms with Gasteiger partial charge >= 0.3 is 0 Å². The molecule has 4 aliphatic heterocycles. The van der Waals surface area contributed by atoms with E-state index in [0.29, 0.717) is 0 Å². The third kappa shape index (κ3) is 4.77. The van der Waals surface area contributed by atoms with E-state index in [1.807, 2.05) is 0 Å². The van der Waals surface area contributed by atoms with Crippen LogP contribution in [-0.4, -0.2) is 22.4 Å². The number of rotatable bonds is 1. The average molecular weight is 858 g/mol. The first kappa shape index (κ1) is 40.4. The maximum atomic E-state index is 7.09. The molecule has 0 amide bonds. The summed E-state index contributed by atoms with van der Waals surface area (Å²) in [5.74, 6) is 0. The summed E-state index contributed by atoms with van der Waals surface area (Å²) in [6.45, 7) is 32.1. The van der Waals surface area contributed by atoms with Gasteiger partial charge in [0.15, 0.2) is 5.58 Å². The molecule has 332 valence electrons. The van der Waals surface area contributed by atoms with Crippen LogP contribution in [0.1, 0.15) is 169 Å². The van der Waals surface area contributed by atoms with E-state index in [9.17, 15) is 0 Å². The summed E-state index contributed by atoms with van der Waals surface area (Å²) < 4.78 is 9.78. The summed E-state index contributed by atoms with van der Waals surface area (Å²) in [5, 5.41) is 2.43. The Morgan fingerprint density at radius 1 is 0.523 bits per heavy atom. The zero-order valence-corrected chi connectivity index (χ0v) is 41.5. The van der Waals surface area contributed by atoms with Crippen molar-refractivity contribution in [3.63, 3.8) is 0 Å². The average Bonchev–Trinajstić information content (AvgIpc) is 3.90. The Balaban J connectivity index is 1.22. The fourth-order valence-electron chi connectivity index (χ4n) is 14.9. The van der Waals surface area contributed by atoms with Gasteiger partial charge in [0.1, 0.15) is 11.1 Å². The molecule has 2 aliphatic carbocycles. The molecule has 0 radical (unpaired) electrons. The topological polar surface area (TPSA) is 24.6 Å². The van der Waals surface area contributed by atoms with Crippen molar-refractivity contribution in [3.8, 4) is 5.69 Å². The second kappa shape index (κ2) is 12.2. The normalized spacial score (nSPS) is 26.5. The van der Waals surface area contributed by atoms with E-state index in [0.717, 1.165) is 11.2 Å². The molecular weight excluding hydrogens is 789 g/mol. The van der Waals surface area contributed by atoms with Gasteiger partial charge in [0.25, 0.3) is 6.71 Å². The Bertz CT molecular complexity index is 3270. The van der Waals surface area contributed by atoms with Crippen molar-refractivity contribution in [1.29, 1.82) is 0 Å². The van der Waals surface area contributed by atoms with Gasteiger partial charge in [0.05, 0.1) is 16.6 Å². The highest BCUT2D eigenvalue weighted by Gasteiger charge is 2.63. The predicted octanol–water partition coefficient (Wildman–Crippen LogP) is 14.0. The first-order valence-electron chi connectivity index (χ1n) is 25.2. The van der Waals surface area contributed by atoms with E-state index in [1.165, 1.54) is 135 Å². The summed E-state index contributed by atoms with van der Waals surface area (Å²) in [6, 6.07) is 32.1. The Labute approximate surface area is 387 Å². The minimum atomic E-state index is -0.0874. The van der Waals surface area contributed by atoms with Gasteiger partial charge in [-0.15, -0.1) is 0 Å². The van der Waals surface area contributed by atoms with Gasteiger partial charge < -0.3 is 18.8 Å². The third-order valence-corrected chi connectivity index (χ3v) is 19.1. The summed E-state index contributed by atoms with van der Waals surface area (Å²) in [7, 11) is 0. The van der Waals surface area contributed by atoms with E-state index in [1.54, 1.807) is 11.1 Å². The van der Waals surface area contributed by atoms with E-state index < -0.39 is 0 Å². The van der Waals surface area contributed by atoms with Crippen LogP contribution in [0, 0.1) is 0 Å². The van der Waals surface area contributed by atoms with Crippen molar-refractivity contribution in [2.45, 2.75) is 180 Å². The molecule has 0 bridgehead atoms. The molecule has 2 fully saturated rings. The molecule has 4 nitrogen and oxygen atoms in total. The van der Waals surface area contributed by atoms with E-state index in [2.05, 4.69) is 183 Å².